The monoisotopic (exact) mass is 406 g/mol. The number of aryl methyl sites for hydroxylation is 1. The van der Waals surface area contributed by atoms with E-state index >= 15 is 0 Å². The topological polar surface area (TPSA) is 85.0 Å². The molecule has 0 fully saturated rings. The van der Waals surface area contributed by atoms with Gasteiger partial charge in [0.1, 0.15) is 12.4 Å². The van der Waals surface area contributed by atoms with E-state index in [-0.39, 0.29) is 0 Å². The van der Waals surface area contributed by atoms with Gasteiger partial charge in [-0.2, -0.15) is 5.10 Å². The fraction of sp³-hybridized carbons (Fsp3) is 0.455. The molecule has 0 aliphatic carbocycles. The van der Waals surface area contributed by atoms with E-state index < -0.39 is 0 Å². The molecule has 0 bridgehead atoms. The summed E-state index contributed by atoms with van der Waals surface area (Å²) < 4.78 is 4.12. The van der Waals surface area contributed by atoms with Gasteiger partial charge in [0.2, 0.25) is 0 Å². The highest BCUT2D eigenvalue weighted by Gasteiger charge is 2.14. The largest absolute Gasteiger partial charge is 0.357 e. The Hall–Kier alpha value is -3.16. The smallest absolute Gasteiger partial charge is 0.191 e. The molecule has 158 valence electrons. The van der Waals surface area contributed by atoms with Crippen LogP contribution in [0.15, 0.2) is 47.7 Å². The Labute approximate surface area is 177 Å². The zero-order valence-electron chi connectivity index (χ0n) is 17.6. The fourth-order valence-electron chi connectivity index (χ4n) is 3.72. The molecule has 1 aromatic carbocycles. The first-order valence-electron chi connectivity index (χ1n) is 10.9. The number of nitrogens with zero attached hydrogens (tertiary/aromatic N) is 6. The maximum atomic E-state index is 4.73. The third kappa shape index (κ3) is 5.06. The molecule has 0 saturated heterocycles. The molecule has 0 radical (unpaired) electrons. The second-order valence-corrected chi connectivity index (χ2v) is 7.48. The number of benzene rings is 1. The van der Waals surface area contributed by atoms with Gasteiger partial charge in [0.15, 0.2) is 11.8 Å². The SMILES string of the molecule is CCNC(=NCc1nnc2n1CCCCC2)NCCc1ccc(-n2cccn2)cc1. The van der Waals surface area contributed by atoms with Gasteiger partial charge < -0.3 is 15.2 Å². The molecular weight excluding hydrogens is 376 g/mol. The van der Waals surface area contributed by atoms with Gasteiger partial charge in [0.25, 0.3) is 0 Å². The van der Waals surface area contributed by atoms with Crippen LogP contribution in [0.4, 0.5) is 0 Å². The summed E-state index contributed by atoms with van der Waals surface area (Å²) in [5.74, 6) is 2.88. The van der Waals surface area contributed by atoms with E-state index in [4.69, 9.17) is 4.99 Å². The van der Waals surface area contributed by atoms with Crippen LogP contribution < -0.4 is 10.6 Å². The predicted molar refractivity (Wildman–Crippen MR) is 118 cm³/mol. The highest BCUT2D eigenvalue weighted by Crippen LogP contribution is 2.15. The molecule has 4 rings (SSSR count). The van der Waals surface area contributed by atoms with Gasteiger partial charge in [-0.05, 0) is 49.9 Å². The van der Waals surface area contributed by atoms with Gasteiger partial charge in [-0.15, -0.1) is 10.2 Å². The summed E-state index contributed by atoms with van der Waals surface area (Å²) in [6.45, 7) is 5.26. The highest BCUT2D eigenvalue weighted by atomic mass is 15.3. The van der Waals surface area contributed by atoms with Gasteiger partial charge >= 0.3 is 0 Å². The van der Waals surface area contributed by atoms with Crippen molar-refractivity contribution in [1.82, 2.24) is 35.2 Å². The molecule has 8 nitrogen and oxygen atoms in total. The van der Waals surface area contributed by atoms with Crippen molar-refractivity contribution >= 4 is 5.96 Å². The number of fused-ring (bicyclic) bond motifs is 1. The standard InChI is InChI=1S/C22H30N8/c1-2-23-22(25-17-21-28-27-20-7-4-3-5-15-29(20)21)24-14-12-18-8-10-19(11-9-18)30-16-6-13-26-30/h6,8-11,13,16H,2-5,7,12,14-15,17H2,1H3,(H2,23,24,25). The zero-order chi connectivity index (χ0) is 20.6. The number of rotatable bonds is 7. The van der Waals surface area contributed by atoms with E-state index in [0.29, 0.717) is 6.54 Å². The van der Waals surface area contributed by atoms with Crippen molar-refractivity contribution in [3.05, 3.63) is 59.9 Å². The second-order valence-electron chi connectivity index (χ2n) is 7.48. The van der Waals surface area contributed by atoms with Crippen LogP contribution in [0, 0.1) is 0 Å². The molecule has 1 aliphatic heterocycles. The zero-order valence-corrected chi connectivity index (χ0v) is 17.6. The molecule has 0 spiro atoms. The van der Waals surface area contributed by atoms with Gasteiger partial charge in [0, 0.05) is 38.4 Å². The lowest BCUT2D eigenvalue weighted by atomic mass is 10.1. The third-order valence-corrected chi connectivity index (χ3v) is 5.32. The van der Waals surface area contributed by atoms with E-state index in [0.717, 1.165) is 55.8 Å². The Kier molecular flexibility index (Phi) is 6.74. The van der Waals surface area contributed by atoms with Gasteiger partial charge in [-0.1, -0.05) is 18.6 Å². The first kappa shape index (κ1) is 20.1. The summed E-state index contributed by atoms with van der Waals surface area (Å²) >= 11 is 0. The quantitative estimate of drug-likeness (QED) is 0.465. The molecular formula is C22H30N8. The van der Waals surface area contributed by atoms with Gasteiger partial charge in [-0.25, -0.2) is 9.67 Å². The molecule has 3 heterocycles. The van der Waals surface area contributed by atoms with Crippen molar-refractivity contribution < 1.29 is 0 Å². The Morgan fingerprint density at radius 2 is 2.00 bits per heavy atom. The molecule has 8 heteroatoms. The summed E-state index contributed by atoms with van der Waals surface area (Å²) in [7, 11) is 0. The number of hydrogen-bond donors (Lipinski definition) is 2. The van der Waals surface area contributed by atoms with Crippen molar-refractivity contribution in [2.24, 2.45) is 4.99 Å². The minimum atomic E-state index is 0.543. The van der Waals surface area contributed by atoms with E-state index in [1.807, 2.05) is 16.9 Å². The van der Waals surface area contributed by atoms with E-state index in [9.17, 15) is 0 Å². The lowest BCUT2D eigenvalue weighted by Gasteiger charge is -2.12. The van der Waals surface area contributed by atoms with E-state index in [1.54, 1.807) is 6.20 Å². The first-order valence-corrected chi connectivity index (χ1v) is 10.9. The number of aliphatic imine (C=N–C) groups is 1. The third-order valence-electron chi connectivity index (χ3n) is 5.32. The van der Waals surface area contributed by atoms with Crippen LogP contribution in [-0.2, 0) is 25.9 Å². The minimum absolute atomic E-state index is 0.543. The summed E-state index contributed by atoms with van der Waals surface area (Å²) in [6, 6.07) is 10.4. The lowest BCUT2D eigenvalue weighted by Crippen LogP contribution is -2.38. The van der Waals surface area contributed by atoms with Crippen LogP contribution in [0.2, 0.25) is 0 Å². The van der Waals surface area contributed by atoms with Crippen LogP contribution in [0.1, 0.15) is 43.4 Å². The highest BCUT2D eigenvalue weighted by molar-refractivity contribution is 5.79. The van der Waals surface area contributed by atoms with Crippen LogP contribution in [0.25, 0.3) is 5.69 Å². The number of nitrogens with one attached hydrogen (secondary N) is 2. The van der Waals surface area contributed by atoms with Crippen molar-refractivity contribution in [3.63, 3.8) is 0 Å². The number of aromatic nitrogens is 5. The Bertz CT molecular complexity index is 940. The maximum absolute atomic E-state index is 4.73. The Morgan fingerprint density at radius 1 is 1.10 bits per heavy atom. The minimum Gasteiger partial charge on any atom is -0.357 e. The van der Waals surface area contributed by atoms with Crippen molar-refractivity contribution in [2.45, 2.75) is 52.1 Å². The molecule has 0 amide bonds. The predicted octanol–water partition coefficient (Wildman–Crippen LogP) is 2.49. The second kappa shape index (κ2) is 10.0. The normalized spacial score (nSPS) is 14.2. The molecule has 1 aliphatic rings. The van der Waals surface area contributed by atoms with Crippen LogP contribution in [0.5, 0.6) is 0 Å². The summed E-state index contributed by atoms with van der Waals surface area (Å²) in [5.41, 5.74) is 2.34. The Morgan fingerprint density at radius 3 is 2.80 bits per heavy atom. The summed E-state index contributed by atoms with van der Waals surface area (Å²) in [4.78, 5) is 4.73. The number of hydrogen-bond acceptors (Lipinski definition) is 4. The molecule has 3 aromatic rings. The lowest BCUT2D eigenvalue weighted by molar-refractivity contribution is 0.605. The molecule has 30 heavy (non-hydrogen) atoms. The summed E-state index contributed by atoms with van der Waals surface area (Å²) in [5, 5.41) is 19.8. The van der Waals surface area contributed by atoms with Gasteiger partial charge in [-0.3, -0.25) is 0 Å². The maximum Gasteiger partial charge on any atom is 0.191 e. The van der Waals surface area contributed by atoms with E-state index in [2.05, 4.69) is 61.7 Å². The number of guanidine groups is 1. The fourth-order valence-corrected chi connectivity index (χ4v) is 3.72. The molecule has 0 saturated carbocycles. The molecule has 2 N–H and O–H groups in total. The van der Waals surface area contributed by atoms with Crippen LogP contribution >= 0.6 is 0 Å². The van der Waals surface area contributed by atoms with Crippen LogP contribution in [-0.4, -0.2) is 43.6 Å². The van der Waals surface area contributed by atoms with Crippen LogP contribution in [0.3, 0.4) is 0 Å². The first-order chi connectivity index (χ1) is 14.8. The summed E-state index contributed by atoms with van der Waals surface area (Å²) in [6.07, 6.45) is 9.34. The van der Waals surface area contributed by atoms with Crippen molar-refractivity contribution in [1.29, 1.82) is 0 Å². The van der Waals surface area contributed by atoms with E-state index in [1.165, 1.54) is 24.8 Å². The van der Waals surface area contributed by atoms with Crippen molar-refractivity contribution in [3.8, 4) is 5.69 Å². The molecule has 0 atom stereocenters. The van der Waals surface area contributed by atoms with Crippen molar-refractivity contribution in [2.75, 3.05) is 13.1 Å². The Balaban J connectivity index is 1.32. The molecule has 0 unspecified atom stereocenters. The average Bonchev–Trinajstić information content (AvgIpc) is 3.38. The van der Waals surface area contributed by atoms with Gasteiger partial charge in [0.05, 0.1) is 5.69 Å². The molecule has 2 aromatic heterocycles. The average molecular weight is 407 g/mol.